The number of ether oxygens (including phenoxy) is 2. The van der Waals surface area contributed by atoms with Crippen LogP contribution >= 0.6 is 0 Å². The van der Waals surface area contributed by atoms with Crippen LogP contribution in [-0.4, -0.2) is 37.7 Å². The molecule has 0 aromatic heterocycles. The molecular formula is C20H23NO5. The fraction of sp³-hybridized carbons (Fsp3) is 0.300. The number of rotatable bonds is 8. The van der Waals surface area contributed by atoms with Crippen molar-refractivity contribution in [3.63, 3.8) is 0 Å². The molecule has 26 heavy (non-hydrogen) atoms. The molecule has 6 nitrogen and oxygen atoms in total. The molecule has 6 heteroatoms. The van der Waals surface area contributed by atoms with Crippen molar-refractivity contribution in [3.05, 3.63) is 59.2 Å². The second-order valence-corrected chi connectivity index (χ2v) is 6.01. The zero-order valence-corrected chi connectivity index (χ0v) is 15.1. The summed E-state index contributed by atoms with van der Waals surface area (Å²) in [6.07, 6.45) is 0.350. The number of carboxylic acid groups (broad SMARTS) is 1. The molecule has 1 amide bonds. The van der Waals surface area contributed by atoms with E-state index in [0.29, 0.717) is 23.5 Å². The molecule has 0 fully saturated rings. The highest BCUT2D eigenvalue weighted by Gasteiger charge is 2.20. The highest BCUT2D eigenvalue weighted by molar-refractivity contribution is 5.95. The fourth-order valence-electron chi connectivity index (χ4n) is 2.67. The minimum absolute atomic E-state index is 0.0381. The maximum atomic E-state index is 12.3. The molecule has 0 aliphatic rings. The van der Waals surface area contributed by atoms with Crippen molar-refractivity contribution in [3.8, 4) is 11.5 Å². The summed E-state index contributed by atoms with van der Waals surface area (Å²) in [7, 11) is 3.00. The SMILES string of the molecule is COc1ccc(C(=O)NCC(Cc2cccc(C)c2)C(=O)O)cc1OC. The van der Waals surface area contributed by atoms with Gasteiger partial charge in [0.1, 0.15) is 0 Å². The lowest BCUT2D eigenvalue weighted by molar-refractivity contribution is -0.141. The molecule has 1 unspecified atom stereocenters. The predicted molar refractivity (Wildman–Crippen MR) is 97.9 cm³/mol. The Balaban J connectivity index is 2.04. The summed E-state index contributed by atoms with van der Waals surface area (Å²) in [5.74, 6) is -1.05. The summed E-state index contributed by atoms with van der Waals surface area (Å²) in [6.45, 7) is 1.99. The van der Waals surface area contributed by atoms with E-state index in [9.17, 15) is 14.7 Å². The van der Waals surface area contributed by atoms with E-state index in [1.54, 1.807) is 18.2 Å². The van der Waals surface area contributed by atoms with Crippen molar-refractivity contribution in [1.82, 2.24) is 5.32 Å². The molecule has 0 radical (unpaired) electrons. The third-order valence-electron chi connectivity index (χ3n) is 4.07. The second-order valence-electron chi connectivity index (χ2n) is 6.01. The van der Waals surface area contributed by atoms with E-state index < -0.39 is 11.9 Å². The second kappa shape index (κ2) is 8.89. The topological polar surface area (TPSA) is 84.9 Å². The first kappa shape index (κ1) is 19.3. The van der Waals surface area contributed by atoms with Crippen LogP contribution in [0, 0.1) is 12.8 Å². The molecule has 2 rings (SSSR count). The fourth-order valence-corrected chi connectivity index (χ4v) is 2.67. The van der Waals surface area contributed by atoms with Gasteiger partial charge in [0.25, 0.3) is 5.91 Å². The average Bonchev–Trinajstić information content (AvgIpc) is 2.64. The third-order valence-corrected chi connectivity index (χ3v) is 4.07. The first-order valence-electron chi connectivity index (χ1n) is 8.23. The maximum Gasteiger partial charge on any atom is 0.308 e. The Kier molecular flexibility index (Phi) is 6.60. The van der Waals surface area contributed by atoms with Crippen molar-refractivity contribution < 1.29 is 24.2 Å². The number of carboxylic acids is 1. The van der Waals surface area contributed by atoms with E-state index in [0.717, 1.165) is 11.1 Å². The van der Waals surface area contributed by atoms with Crippen molar-refractivity contribution in [2.75, 3.05) is 20.8 Å². The van der Waals surface area contributed by atoms with Gasteiger partial charge in [0, 0.05) is 12.1 Å². The Labute approximate surface area is 152 Å². The Bertz CT molecular complexity index is 788. The van der Waals surface area contributed by atoms with Gasteiger partial charge in [-0.1, -0.05) is 29.8 Å². The van der Waals surface area contributed by atoms with E-state index >= 15 is 0 Å². The summed E-state index contributed by atoms with van der Waals surface area (Å²) in [5.41, 5.74) is 2.38. The van der Waals surface area contributed by atoms with Gasteiger partial charge in [-0.05, 0) is 37.1 Å². The molecule has 138 valence electrons. The minimum Gasteiger partial charge on any atom is -0.493 e. The van der Waals surface area contributed by atoms with Crippen LogP contribution in [0.1, 0.15) is 21.5 Å². The van der Waals surface area contributed by atoms with E-state index in [4.69, 9.17) is 9.47 Å². The Hall–Kier alpha value is -3.02. The van der Waals surface area contributed by atoms with Gasteiger partial charge in [-0.3, -0.25) is 9.59 Å². The Morgan fingerprint density at radius 3 is 2.42 bits per heavy atom. The number of carbonyl (C=O) groups excluding carboxylic acids is 1. The van der Waals surface area contributed by atoms with Gasteiger partial charge < -0.3 is 19.9 Å². The number of amides is 1. The molecule has 0 spiro atoms. The van der Waals surface area contributed by atoms with Gasteiger partial charge in [0.15, 0.2) is 11.5 Å². The minimum atomic E-state index is -0.945. The van der Waals surface area contributed by atoms with E-state index in [2.05, 4.69) is 5.32 Å². The monoisotopic (exact) mass is 357 g/mol. The van der Waals surface area contributed by atoms with Crippen LogP contribution in [-0.2, 0) is 11.2 Å². The van der Waals surface area contributed by atoms with Gasteiger partial charge in [-0.2, -0.15) is 0 Å². The Morgan fingerprint density at radius 2 is 1.81 bits per heavy atom. The van der Waals surface area contributed by atoms with E-state index in [1.165, 1.54) is 14.2 Å². The first-order valence-corrected chi connectivity index (χ1v) is 8.23. The lowest BCUT2D eigenvalue weighted by atomic mass is 9.98. The molecule has 0 saturated heterocycles. The van der Waals surface area contributed by atoms with Crippen LogP contribution < -0.4 is 14.8 Å². The summed E-state index contributed by atoms with van der Waals surface area (Å²) >= 11 is 0. The number of benzene rings is 2. The van der Waals surface area contributed by atoms with Crippen molar-refractivity contribution in [2.24, 2.45) is 5.92 Å². The van der Waals surface area contributed by atoms with Gasteiger partial charge in [-0.25, -0.2) is 0 Å². The standard InChI is InChI=1S/C20H23NO5/c1-13-5-4-6-14(9-13)10-16(20(23)24)12-21-19(22)15-7-8-17(25-2)18(11-15)26-3/h4-9,11,16H,10,12H2,1-3H3,(H,21,22)(H,23,24). The van der Waals surface area contributed by atoms with Crippen molar-refractivity contribution in [1.29, 1.82) is 0 Å². The quantitative estimate of drug-likeness (QED) is 0.759. The first-order chi connectivity index (χ1) is 12.4. The zero-order chi connectivity index (χ0) is 19.1. The summed E-state index contributed by atoms with van der Waals surface area (Å²) in [6, 6.07) is 12.5. The number of hydrogen-bond donors (Lipinski definition) is 2. The van der Waals surface area contributed by atoms with Gasteiger partial charge in [-0.15, -0.1) is 0 Å². The lowest BCUT2D eigenvalue weighted by Gasteiger charge is -2.15. The van der Waals surface area contributed by atoms with E-state index in [1.807, 2.05) is 31.2 Å². The molecule has 2 N–H and O–H groups in total. The van der Waals surface area contributed by atoms with Crippen LogP contribution in [0.3, 0.4) is 0 Å². The van der Waals surface area contributed by atoms with Gasteiger partial charge >= 0.3 is 5.97 Å². The number of nitrogens with one attached hydrogen (secondary N) is 1. The molecule has 0 aliphatic heterocycles. The summed E-state index contributed by atoms with van der Waals surface area (Å²) in [4.78, 5) is 23.9. The molecule has 0 heterocycles. The molecule has 0 bridgehead atoms. The van der Waals surface area contributed by atoms with Crippen LogP contribution in [0.2, 0.25) is 0 Å². The van der Waals surface area contributed by atoms with Crippen molar-refractivity contribution in [2.45, 2.75) is 13.3 Å². The number of carbonyl (C=O) groups is 2. The van der Waals surface area contributed by atoms with Crippen LogP contribution in [0.5, 0.6) is 11.5 Å². The number of methoxy groups -OCH3 is 2. The summed E-state index contributed by atoms with van der Waals surface area (Å²) < 4.78 is 10.3. The highest BCUT2D eigenvalue weighted by Crippen LogP contribution is 2.27. The largest absolute Gasteiger partial charge is 0.493 e. The molecular weight excluding hydrogens is 334 g/mol. The predicted octanol–water partition coefficient (Wildman–Crippen LogP) is 2.69. The smallest absolute Gasteiger partial charge is 0.308 e. The third kappa shape index (κ3) is 4.99. The normalized spacial score (nSPS) is 11.5. The highest BCUT2D eigenvalue weighted by atomic mass is 16.5. The Morgan fingerprint density at radius 1 is 1.08 bits per heavy atom. The average molecular weight is 357 g/mol. The lowest BCUT2D eigenvalue weighted by Crippen LogP contribution is -2.34. The van der Waals surface area contributed by atoms with Crippen LogP contribution in [0.15, 0.2) is 42.5 Å². The van der Waals surface area contributed by atoms with E-state index in [-0.39, 0.29) is 12.5 Å². The number of hydrogen-bond acceptors (Lipinski definition) is 4. The number of aryl methyl sites for hydroxylation is 1. The van der Waals surface area contributed by atoms with Crippen LogP contribution in [0.25, 0.3) is 0 Å². The molecule has 1 atom stereocenters. The molecule has 0 saturated carbocycles. The zero-order valence-electron chi connectivity index (χ0n) is 15.1. The maximum absolute atomic E-state index is 12.3. The molecule has 0 aliphatic carbocycles. The van der Waals surface area contributed by atoms with Crippen molar-refractivity contribution >= 4 is 11.9 Å². The van der Waals surface area contributed by atoms with Crippen LogP contribution in [0.4, 0.5) is 0 Å². The summed E-state index contributed by atoms with van der Waals surface area (Å²) in [5, 5.41) is 12.1. The van der Waals surface area contributed by atoms with Gasteiger partial charge in [0.2, 0.25) is 0 Å². The van der Waals surface area contributed by atoms with Gasteiger partial charge in [0.05, 0.1) is 20.1 Å². The molecule has 2 aromatic carbocycles. The molecule has 2 aromatic rings. The number of aliphatic carboxylic acids is 1.